The fraction of sp³-hybridized carbons (Fsp3) is 0.833. The Kier molecular flexibility index (Phi) is 4.88. The summed E-state index contributed by atoms with van der Waals surface area (Å²) in [6, 6.07) is 0. The van der Waals surface area contributed by atoms with Gasteiger partial charge in [-0.25, -0.2) is 0 Å². The van der Waals surface area contributed by atoms with Gasteiger partial charge < -0.3 is 16.2 Å². The molecule has 10 heavy (non-hydrogen) atoms. The van der Waals surface area contributed by atoms with Crippen LogP contribution in [-0.4, -0.2) is 25.7 Å². The quantitative estimate of drug-likeness (QED) is 0.503. The van der Waals surface area contributed by atoms with E-state index in [4.69, 9.17) is 16.2 Å². The van der Waals surface area contributed by atoms with Crippen LogP contribution in [0.15, 0.2) is 0 Å². The fourth-order valence-corrected chi connectivity index (χ4v) is 0.398. The molecule has 4 heteroatoms. The lowest BCUT2D eigenvalue weighted by molar-refractivity contribution is -0.147. The van der Waals surface area contributed by atoms with E-state index in [-0.39, 0.29) is 18.5 Å². The second-order valence-corrected chi connectivity index (χ2v) is 2.09. The minimum Gasteiger partial charge on any atom is -0.464 e. The van der Waals surface area contributed by atoms with Crippen molar-refractivity contribution >= 4 is 5.97 Å². The van der Waals surface area contributed by atoms with Gasteiger partial charge in [-0.3, -0.25) is 4.79 Å². The maximum Gasteiger partial charge on any atom is 0.309 e. The molecule has 0 amide bonds. The zero-order valence-electron chi connectivity index (χ0n) is 6.17. The fourth-order valence-electron chi connectivity index (χ4n) is 0.398. The normalized spacial score (nSPS) is 12.7. The van der Waals surface area contributed by atoms with Crippen LogP contribution in [-0.2, 0) is 9.53 Å². The summed E-state index contributed by atoms with van der Waals surface area (Å²) >= 11 is 0. The molecule has 0 saturated heterocycles. The van der Waals surface area contributed by atoms with Crippen molar-refractivity contribution in [3.05, 3.63) is 0 Å². The Labute approximate surface area is 60.5 Å². The molecule has 0 aromatic heterocycles. The van der Waals surface area contributed by atoms with Crippen LogP contribution in [0.5, 0.6) is 0 Å². The van der Waals surface area contributed by atoms with E-state index < -0.39 is 0 Å². The molecule has 0 aliphatic rings. The monoisotopic (exact) mass is 146 g/mol. The van der Waals surface area contributed by atoms with Crippen LogP contribution in [0.1, 0.15) is 6.92 Å². The predicted octanol–water partition coefficient (Wildman–Crippen LogP) is -0.917. The number of nitrogens with two attached hydrogens (primary N) is 2. The van der Waals surface area contributed by atoms with Gasteiger partial charge in [0, 0.05) is 13.1 Å². The Bertz CT molecular complexity index is 106. The highest BCUT2D eigenvalue weighted by Crippen LogP contribution is 1.93. The van der Waals surface area contributed by atoms with Gasteiger partial charge in [-0.05, 0) is 0 Å². The van der Waals surface area contributed by atoms with Crippen LogP contribution < -0.4 is 11.5 Å². The molecule has 0 fully saturated rings. The largest absolute Gasteiger partial charge is 0.464 e. The van der Waals surface area contributed by atoms with Crippen molar-refractivity contribution in [3.8, 4) is 0 Å². The van der Waals surface area contributed by atoms with Crippen molar-refractivity contribution in [2.75, 3.05) is 19.7 Å². The van der Waals surface area contributed by atoms with Gasteiger partial charge in [0.15, 0.2) is 0 Å². The van der Waals surface area contributed by atoms with Gasteiger partial charge >= 0.3 is 5.97 Å². The average molecular weight is 146 g/mol. The lowest BCUT2D eigenvalue weighted by atomic mass is 10.2. The minimum atomic E-state index is -0.270. The topological polar surface area (TPSA) is 78.3 Å². The molecular formula is C6H14N2O2. The number of ether oxygens (including phenoxy) is 1. The van der Waals surface area contributed by atoms with E-state index in [1.807, 2.05) is 0 Å². The average Bonchev–Trinajstić information content (AvgIpc) is 1.98. The van der Waals surface area contributed by atoms with E-state index in [9.17, 15) is 4.79 Å². The van der Waals surface area contributed by atoms with Gasteiger partial charge in [0.2, 0.25) is 0 Å². The second-order valence-electron chi connectivity index (χ2n) is 2.09. The number of hydrogen-bond acceptors (Lipinski definition) is 4. The molecule has 0 aliphatic carbocycles. The van der Waals surface area contributed by atoms with Gasteiger partial charge in [0.1, 0.15) is 6.61 Å². The number of rotatable bonds is 4. The van der Waals surface area contributed by atoms with E-state index in [2.05, 4.69) is 0 Å². The molecule has 4 nitrogen and oxygen atoms in total. The first-order valence-electron chi connectivity index (χ1n) is 3.29. The number of carbonyl (C=O) groups is 1. The Morgan fingerprint density at radius 3 is 2.60 bits per heavy atom. The van der Waals surface area contributed by atoms with Crippen LogP contribution in [0.3, 0.4) is 0 Å². The molecule has 0 bridgehead atoms. The minimum absolute atomic E-state index is 0.216. The molecule has 0 aromatic carbocycles. The molecule has 1 atom stereocenters. The molecule has 60 valence electrons. The lowest BCUT2D eigenvalue weighted by Crippen LogP contribution is -2.24. The van der Waals surface area contributed by atoms with Crippen molar-refractivity contribution in [2.45, 2.75) is 6.92 Å². The van der Waals surface area contributed by atoms with Crippen molar-refractivity contribution in [1.29, 1.82) is 0 Å². The van der Waals surface area contributed by atoms with E-state index in [0.717, 1.165) is 0 Å². The zero-order chi connectivity index (χ0) is 7.98. The molecule has 0 radical (unpaired) electrons. The summed E-state index contributed by atoms with van der Waals surface area (Å²) in [6.07, 6.45) is 0. The molecule has 0 aliphatic heterocycles. The molecular weight excluding hydrogens is 132 g/mol. The molecule has 0 spiro atoms. The van der Waals surface area contributed by atoms with Crippen LogP contribution >= 0.6 is 0 Å². The van der Waals surface area contributed by atoms with Gasteiger partial charge in [-0.15, -0.1) is 0 Å². The van der Waals surface area contributed by atoms with Crippen molar-refractivity contribution in [1.82, 2.24) is 0 Å². The highest BCUT2D eigenvalue weighted by molar-refractivity contribution is 5.72. The lowest BCUT2D eigenvalue weighted by Gasteiger charge is -2.06. The summed E-state index contributed by atoms with van der Waals surface area (Å²) in [7, 11) is 0. The molecule has 0 heterocycles. The Balaban J connectivity index is 3.42. The van der Waals surface area contributed by atoms with Gasteiger partial charge in [-0.1, -0.05) is 6.92 Å². The predicted molar refractivity (Wildman–Crippen MR) is 38.2 cm³/mol. The summed E-state index contributed by atoms with van der Waals surface area (Å²) in [6.45, 7) is 2.69. The highest BCUT2D eigenvalue weighted by atomic mass is 16.5. The Morgan fingerprint density at radius 1 is 1.60 bits per heavy atom. The van der Waals surface area contributed by atoms with E-state index in [1.54, 1.807) is 6.92 Å². The maximum absolute atomic E-state index is 10.8. The van der Waals surface area contributed by atoms with Crippen LogP contribution in [0, 0.1) is 5.92 Å². The van der Waals surface area contributed by atoms with E-state index in [0.29, 0.717) is 13.1 Å². The summed E-state index contributed by atoms with van der Waals surface area (Å²) in [5.41, 5.74) is 10.3. The van der Waals surface area contributed by atoms with Crippen molar-refractivity contribution < 1.29 is 9.53 Å². The third-order valence-corrected chi connectivity index (χ3v) is 1.12. The molecule has 4 N–H and O–H groups in total. The summed E-state index contributed by atoms with van der Waals surface area (Å²) in [5, 5.41) is 0. The number of hydrogen-bond donors (Lipinski definition) is 2. The zero-order valence-corrected chi connectivity index (χ0v) is 6.17. The van der Waals surface area contributed by atoms with Crippen LogP contribution in [0.4, 0.5) is 0 Å². The molecule has 0 rings (SSSR count). The van der Waals surface area contributed by atoms with Crippen molar-refractivity contribution in [3.63, 3.8) is 0 Å². The number of esters is 1. The summed E-state index contributed by atoms with van der Waals surface area (Å²) in [5.74, 6) is -0.487. The number of carbonyl (C=O) groups excluding carboxylic acids is 1. The van der Waals surface area contributed by atoms with E-state index in [1.165, 1.54) is 0 Å². The van der Waals surface area contributed by atoms with Crippen molar-refractivity contribution in [2.24, 2.45) is 17.4 Å². The third kappa shape index (κ3) is 3.42. The smallest absolute Gasteiger partial charge is 0.309 e. The SMILES string of the molecule is C[C@H](CN)C(=O)OCCN. The molecule has 0 unspecified atom stereocenters. The van der Waals surface area contributed by atoms with Crippen LogP contribution in [0.25, 0.3) is 0 Å². The first-order valence-corrected chi connectivity index (χ1v) is 3.29. The van der Waals surface area contributed by atoms with Gasteiger partial charge in [0.25, 0.3) is 0 Å². The van der Waals surface area contributed by atoms with Gasteiger partial charge in [-0.2, -0.15) is 0 Å². The van der Waals surface area contributed by atoms with Crippen LogP contribution in [0.2, 0.25) is 0 Å². The molecule has 0 aromatic rings. The first-order chi connectivity index (χ1) is 4.72. The highest BCUT2D eigenvalue weighted by Gasteiger charge is 2.10. The van der Waals surface area contributed by atoms with E-state index >= 15 is 0 Å². The van der Waals surface area contributed by atoms with Gasteiger partial charge in [0.05, 0.1) is 5.92 Å². The Morgan fingerprint density at radius 2 is 2.20 bits per heavy atom. The Hall–Kier alpha value is -0.610. The molecule has 0 saturated carbocycles. The third-order valence-electron chi connectivity index (χ3n) is 1.12. The standard InChI is InChI=1S/C6H14N2O2/c1-5(4-8)6(9)10-3-2-7/h5H,2-4,7-8H2,1H3/t5-/m1/s1. The summed E-state index contributed by atoms with van der Waals surface area (Å²) in [4.78, 5) is 10.8. The summed E-state index contributed by atoms with van der Waals surface area (Å²) < 4.78 is 4.70. The maximum atomic E-state index is 10.8. The second kappa shape index (κ2) is 5.20. The first kappa shape index (κ1) is 9.39.